The van der Waals surface area contributed by atoms with Crippen LogP contribution >= 0.6 is 0 Å². The summed E-state index contributed by atoms with van der Waals surface area (Å²) in [4.78, 5) is 12.1. The van der Waals surface area contributed by atoms with Crippen LogP contribution < -0.4 is 10.6 Å². The molecule has 1 aliphatic heterocycles. The Bertz CT molecular complexity index is 434. The van der Waals surface area contributed by atoms with E-state index in [-0.39, 0.29) is 17.4 Å². The second-order valence-corrected chi connectivity index (χ2v) is 6.18. The molecular weight excluding hydrogens is 224 g/mol. The van der Waals surface area contributed by atoms with Crippen LogP contribution in [0.25, 0.3) is 0 Å². The van der Waals surface area contributed by atoms with Crippen molar-refractivity contribution in [2.45, 2.75) is 39.7 Å². The quantitative estimate of drug-likeness (QED) is 0.842. The maximum absolute atomic E-state index is 12.1. The largest absolute Gasteiger partial charge is 0.324 e. The lowest BCUT2D eigenvalue weighted by molar-refractivity contribution is -0.118. The summed E-state index contributed by atoms with van der Waals surface area (Å²) in [5.41, 5.74) is 2.38. The lowest BCUT2D eigenvalue weighted by Gasteiger charge is -2.23. The number of hydrogen-bond acceptors (Lipinski definition) is 2. The third-order valence-electron chi connectivity index (χ3n) is 3.17. The van der Waals surface area contributed by atoms with Gasteiger partial charge in [-0.15, -0.1) is 0 Å². The molecule has 1 aromatic carbocycles. The van der Waals surface area contributed by atoms with E-state index in [1.165, 1.54) is 5.56 Å². The Morgan fingerprint density at radius 2 is 2.06 bits per heavy atom. The molecular formula is C15H22N2O. The molecule has 1 heterocycles. The van der Waals surface area contributed by atoms with E-state index in [1.54, 1.807) is 0 Å². The minimum Gasteiger partial charge on any atom is -0.324 e. The Kier molecular flexibility index (Phi) is 3.71. The molecule has 18 heavy (non-hydrogen) atoms. The number of benzene rings is 1. The minimum absolute atomic E-state index is 0.0865. The number of hydrogen-bond donors (Lipinski definition) is 2. The van der Waals surface area contributed by atoms with Crippen LogP contribution in [0.2, 0.25) is 0 Å². The molecule has 1 aliphatic rings. The second-order valence-electron chi connectivity index (χ2n) is 6.18. The Morgan fingerprint density at radius 3 is 2.78 bits per heavy atom. The van der Waals surface area contributed by atoms with Gasteiger partial charge in [-0.25, -0.2) is 0 Å². The number of amides is 1. The van der Waals surface area contributed by atoms with E-state index in [2.05, 4.69) is 37.5 Å². The summed E-state index contributed by atoms with van der Waals surface area (Å²) < 4.78 is 0. The highest BCUT2D eigenvalue weighted by atomic mass is 16.2. The van der Waals surface area contributed by atoms with Crippen LogP contribution in [0.5, 0.6) is 0 Å². The molecule has 1 aromatic rings. The normalized spacial score (nSPS) is 19.9. The van der Waals surface area contributed by atoms with E-state index < -0.39 is 0 Å². The number of para-hydroxylation sites is 1. The first-order valence-electron chi connectivity index (χ1n) is 6.58. The number of carbonyl (C=O) groups excluding carboxylic acids is 1. The zero-order valence-electron chi connectivity index (χ0n) is 11.4. The van der Waals surface area contributed by atoms with E-state index in [9.17, 15) is 4.79 Å². The van der Waals surface area contributed by atoms with Crippen molar-refractivity contribution in [3.63, 3.8) is 0 Å². The van der Waals surface area contributed by atoms with E-state index in [1.807, 2.05) is 18.2 Å². The van der Waals surface area contributed by atoms with Gasteiger partial charge in [0.25, 0.3) is 0 Å². The Balaban J connectivity index is 2.03. The van der Waals surface area contributed by atoms with Gasteiger partial charge in [-0.2, -0.15) is 0 Å². The van der Waals surface area contributed by atoms with Crippen molar-refractivity contribution in [3.8, 4) is 0 Å². The van der Waals surface area contributed by atoms with E-state index in [4.69, 9.17) is 0 Å². The van der Waals surface area contributed by atoms with Gasteiger partial charge in [-0.1, -0.05) is 39.0 Å². The van der Waals surface area contributed by atoms with Crippen molar-refractivity contribution in [2.75, 3.05) is 11.9 Å². The topological polar surface area (TPSA) is 41.1 Å². The summed E-state index contributed by atoms with van der Waals surface area (Å²) in [6.45, 7) is 7.36. The number of nitrogens with one attached hydrogen (secondary N) is 2. The van der Waals surface area contributed by atoms with Gasteiger partial charge in [-0.05, 0) is 29.9 Å². The van der Waals surface area contributed by atoms with Crippen molar-refractivity contribution in [3.05, 3.63) is 29.8 Å². The third kappa shape index (κ3) is 3.33. The first kappa shape index (κ1) is 13.1. The molecule has 0 aliphatic carbocycles. The van der Waals surface area contributed by atoms with Gasteiger partial charge in [0, 0.05) is 12.2 Å². The molecule has 1 atom stereocenters. The molecule has 2 rings (SSSR count). The number of fused-ring (bicyclic) bond motifs is 1. The highest BCUT2D eigenvalue weighted by Crippen LogP contribution is 2.22. The Labute approximate surface area is 109 Å². The zero-order valence-corrected chi connectivity index (χ0v) is 11.4. The minimum atomic E-state index is -0.0865. The summed E-state index contributed by atoms with van der Waals surface area (Å²) in [5.74, 6) is 0.0872. The maximum atomic E-state index is 12.1. The van der Waals surface area contributed by atoms with Crippen LogP contribution in [-0.2, 0) is 11.2 Å². The van der Waals surface area contributed by atoms with E-state index >= 15 is 0 Å². The molecule has 3 nitrogen and oxygen atoms in total. The number of carbonyl (C=O) groups is 1. The molecule has 98 valence electrons. The molecule has 0 radical (unpaired) electrons. The SMILES string of the molecule is CC(C)(C)CNC1CCc2ccccc2NC1=O. The predicted molar refractivity (Wildman–Crippen MR) is 74.6 cm³/mol. The van der Waals surface area contributed by atoms with Gasteiger partial charge < -0.3 is 10.6 Å². The maximum Gasteiger partial charge on any atom is 0.241 e. The van der Waals surface area contributed by atoms with Gasteiger partial charge in [0.2, 0.25) is 5.91 Å². The summed E-state index contributed by atoms with van der Waals surface area (Å²) in [7, 11) is 0. The number of anilines is 1. The highest BCUT2D eigenvalue weighted by Gasteiger charge is 2.24. The Morgan fingerprint density at radius 1 is 1.33 bits per heavy atom. The molecule has 0 spiro atoms. The standard InChI is InChI=1S/C15H22N2O/c1-15(2,3)10-16-13-9-8-11-6-4-5-7-12(11)17-14(13)18/h4-7,13,16H,8-10H2,1-3H3,(H,17,18). The fourth-order valence-corrected chi connectivity index (χ4v) is 2.14. The van der Waals surface area contributed by atoms with Crippen molar-refractivity contribution in [1.82, 2.24) is 5.32 Å². The lowest BCUT2D eigenvalue weighted by Crippen LogP contribution is -2.43. The smallest absolute Gasteiger partial charge is 0.241 e. The molecule has 1 amide bonds. The summed E-state index contributed by atoms with van der Waals surface area (Å²) in [6, 6.07) is 7.95. The van der Waals surface area contributed by atoms with E-state index in [0.717, 1.165) is 25.1 Å². The van der Waals surface area contributed by atoms with Gasteiger partial charge in [0.15, 0.2) is 0 Å². The molecule has 3 heteroatoms. The van der Waals surface area contributed by atoms with Gasteiger partial charge >= 0.3 is 0 Å². The third-order valence-corrected chi connectivity index (χ3v) is 3.17. The van der Waals surface area contributed by atoms with Gasteiger partial charge in [-0.3, -0.25) is 4.79 Å². The highest BCUT2D eigenvalue weighted by molar-refractivity contribution is 5.96. The molecule has 0 aromatic heterocycles. The van der Waals surface area contributed by atoms with Crippen LogP contribution in [0.4, 0.5) is 5.69 Å². The Hall–Kier alpha value is -1.35. The summed E-state index contributed by atoms with van der Waals surface area (Å²) in [6.07, 6.45) is 1.80. The van der Waals surface area contributed by atoms with Crippen LogP contribution in [0, 0.1) is 5.41 Å². The second kappa shape index (κ2) is 5.11. The average molecular weight is 246 g/mol. The van der Waals surface area contributed by atoms with Gasteiger partial charge in [0.05, 0.1) is 6.04 Å². The molecule has 0 saturated heterocycles. The van der Waals surface area contributed by atoms with Crippen LogP contribution in [-0.4, -0.2) is 18.5 Å². The van der Waals surface area contributed by atoms with Crippen LogP contribution in [0.1, 0.15) is 32.8 Å². The number of aryl methyl sites for hydroxylation is 1. The fraction of sp³-hybridized carbons (Fsp3) is 0.533. The molecule has 1 unspecified atom stereocenters. The van der Waals surface area contributed by atoms with E-state index in [0.29, 0.717) is 0 Å². The molecule has 0 saturated carbocycles. The fourth-order valence-electron chi connectivity index (χ4n) is 2.14. The monoisotopic (exact) mass is 246 g/mol. The van der Waals surface area contributed by atoms with Crippen molar-refractivity contribution < 1.29 is 4.79 Å². The van der Waals surface area contributed by atoms with Crippen molar-refractivity contribution in [1.29, 1.82) is 0 Å². The van der Waals surface area contributed by atoms with Crippen LogP contribution in [0.15, 0.2) is 24.3 Å². The van der Waals surface area contributed by atoms with Crippen molar-refractivity contribution in [2.24, 2.45) is 5.41 Å². The zero-order chi connectivity index (χ0) is 13.2. The molecule has 2 N–H and O–H groups in total. The van der Waals surface area contributed by atoms with Crippen molar-refractivity contribution >= 4 is 11.6 Å². The van der Waals surface area contributed by atoms with Gasteiger partial charge in [0.1, 0.15) is 0 Å². The first-order chi connectivity index (χ1) is 8.46. The lowest BCUT2D eigenvalue weighted by atomic mass is 9.96. The first-order valence-corrected chi connectivity index (χ1v) is 6.58. The average Bonchev–Trinajstić information content (AvgIpc) is 2.44. The predicted octanol–water partition coefficient (Wildman–Crippen LogP) is 2.58. The van der Waals surface area contributed by atoms with Crippen LogP contribution in [0.3, 0.4) is 0 Å². The molecule has 0 bridgehead atoms. The number of rotatable bonds is 2. The summed E-state index contributed by atoms with van der Waals surface area (Å²) >= 11 is 0. The molecule has 0 fully saturated rings. The summed E-state index contributed by atoms with van der Waals surface area (Å²) in [5, 5.41) is 6.38.